The minimum Gasteiger partial charge on any atom is -0.482 e. The van der Waals surface area contributed by atoms with E-state index in [-0.39, 0.29) is 47.2 Å². The molecule has 1 amide bonds. The maximum Gasteiger partial charge on any atom is 0.422 e. The molecule has 2 aromatic rings. The van der Waals surface area contributed by atoms with Gasteiger partial charge in [0.1, 0.15) is 5.75 Å². The molecule has 11 heteroatoms. The van der Waals surface area contributed by atoms with Crippen molar-refractivity contribution in [3.63, 3.8) is 0 Å². The van der Waals surface area contributed by atoms with Gasteiger partial charge in [0, 0.05) is 18.7 Å². The first-order valence-electron chi connectivity index (χ1n) is 10.2. The number of benzene rings is 2. The van der Waals surface area contributed by atoms with Crippen molar-refractivity contribution in [3.8, 4) is 5.75 Å². The molecular weight excluding hydrogens is 461 g/mol. The molecule has 0 bridgehead atoms. The summed E-state index contributed by atoms with van der Waals surface area (Å²) in [6, 6.07) is 9.89. The van der Waals surface area contributed by atoms with Crippen LogP contribution >= 0.6 is 0 Å². The van der Waals surface area contributed by atoms with Crippen LogP contribution in [0.5, 0.6) is 5.75 Å². The number of hydrogen-bond donors (Lipinski definition) is 1. The van der Waals surface area contributed by atoms with Gasteiger partial charge in [0.05, 0.1) is 22.8 Å². The summed E-state index contributed by atoms with van der Waals surface area (Å²) < 4.78 is 75.7. The van der Waals surface area contributed by atoms with E-state index >= 15 is 0 Å². The average Bonchev–Trinajstić information content (AvgIpc) is 2.72. The Morgan fingerprint density at radius 1 is 1.15 bits per heavy atom. The molecule has 1 fully saturated rings. The molecule has 0 radical (unpaired) electrons. The maximum atomic E-state index is 13.1. The fourth-order valence-electron chi connectivity index (χ4n) is 3.48. The van der Waals surface area contributed by atoms with Crippen LogP contribution < -0.4 is 10.1 Å². The van der Waals surface area contributed by atoms with Crippen molar-refractivity contribution in [1.82, 2.24) is 4.31 Å². The lowest BCUT2D eigenvalue weighted by atomic mass is 10.2. The number of ether oxygens (including phenoxy) is 2. The average molecular weight is 487 g/mol. The van der Waals surface area contributed by atoms with E-state index in [1.165, 1.54) is 40.7 Å². The highest BCUT2D eigenvalue weighted by molar-refractivity contribution is 7.89. The molecular formula is C22H25F3N2O5S. The van der Waals surface area contributed by atoms with Crippen molar-refractivity contribution >= 4 is 21.6 Å². The molecule has 1 heterocycles. The van der Waals surface area contributed by atoms with Crippen molar-refractivity contribution in [2.24, 2.45) is 0 Å². The lowest BCUT2D eigenvalue weighted by Crippen LogP contribution is -2.48. The summed E-state index contributed by atoms with van der Waals surface area (Å²) in [5.41, 5.74) is 0.721. The molecule has 1 N–H and O–H groups in total. The monoisotopic (exact) mass is 486 g/mol. The fraction of sp³-hybridized carbons (Fsp3) is 0.409. The van der Waals surface area contributed by atoms with Gasteiger partial charge < -0.3 is 14.8 Å². The number of halogens is 3. The van der Waals surface area contributed by atoms with E-state index < -0.39 is 28.7 Å². The molecule has 33 heavy (non-hydrogen) atoms. The van der Waals surface area contributed by atoms with Crippen LogP contribution in [-0.2, 0) is 14.8 Å². The van der Waals surface area contributed by atoms with E-state index in [0.29, 0.717) is 5.56 Å². The Morgan fingerprint density at radius 2 is 1.82 bits per heavy atom. The Labute approximate surface area is 190 Å². The number of rotatable bonds is 6. The number of nitrogens with zero attached hydrogens (tertiary/aromatic N) is 1. The quantitative estimate of drug-likeness (QED) is 0.668. The molecule has 1 aliphatic heterocycles. The Balaban J connectivity index is 1.82. The number of nitrogens with one attached hydrogen (secondary N) is 1. The number of aryl methyl sites for hydroxylation is 1. The Bertz CT molecular complexity index is 1110. The van der Waals surface area contributed by atoms with Crippen molar-refractivity contribution in [3.05, 3.63) is 53.6 Å². The summed E-state index contributed by atoms with van der Waals surface area (Å²) in [5, 5.41) is 2.50. The van der Waals surface area contributed by atoms with Gasteiger partial charge >= 0.3 is 6.18 Å². The first-order valence-corrected chi connectivity index (χ1v) is 11.7. The minimum atomic E-state index is -4.54. The smallest absolute Gasteiger partial charge is 0.422 e. The molecule has 0 aromatic heterocycles. The van der Waals surface area contributed by atoms with Crippen molar-refractivity contribution in [2.45, 2.75) is 44.1 Å². The second kappa shape index (κ2) is 9.70. The van der Waals surface area contributed by atoms with Gasteiger partial charge in [-0.05, 0) is 56.7 Å². The van der Waals surface area contributed by atoms with Crippen LogP contribution in [0.1, 0.15) is 29.8 Å². The standard InChI is InChI=1S/C22H25F3N2O5S/c1-14-7-8-19(20(9-14)31-13-22(23,24)25)26-21(28)17-5-4-6-18(10-17)33(29,30)27-11-15(2)32-16(3)12-27/h4-10,15-16H,11-13H2,1-3H3,(H,26,28). The fourth-order valence-corrected chi connectivity index (χ4v) is 5.12. The molecule has 1 saturated heterocycles. The number of amides is 1. The number of carbonyl (C=O) groups excluding carboxylic acids is 1. The topological polar surface area (TPSA) is 84.9 Å². The van der Waals surface area contributed by atoms with E-state index in [2.05, 4.69) is 5.32 Å². The van der Waals surface area contributed by atoms with Crippen LogP contribution in [0.4, 0.5) is 18.9 Å². The Kier molecular flexibility index (Phi) is 7.35. The summed E-state index contributed by atoms with van der Waals surface area (Å²) in [7, 11) is -3.87. The molecule has 0 aliphatic carbocycles. The van der Waals surface area contributed by atoms with Crippen LogP contribution in [-0.4, -0.2) is 56.7 Å². The SMILES string of the molecule is Cc1ccc(NC(=O)c2cccc(S(=O)(=O)N3CC(C)OC(C)C3)c2)c(OCC(F)(F)F)c1. The third kappa shape index (κ3) is 6.46. The zero-order valence-corrected chi connectivity index (χ0v) is 19.2. The molecule has 2 aromatic carbocycles. The van der Waals surface area contributed by atoms with Crippen LogP contribution in [0.25, 0.3) is 0 Å². The Hall–Kier alpha value is -2.63. The largest absolute Gasteiger partial charge is 0.482 e. The van der Waals surface area contributed by atoms with Gasteiger partial charge in [0.2, 0.25) is 10.0 Å². The first-order chi connectivity index (χ1) is 15.3. The molecule has 2 unspecified atom stereocenters. The number of morpholine rings is 1. The zero-order chi connectivity index (χ0) is 24.4. The summed E-state index contributed by atoms with van der Waals surface area (Å²) in [6.07, 6.45) is -5.08. The van der Waals surface area contributed by atoms with Gasteiger partial charge in [-0.2, -0.15) is 17.5 Å². The van der Waals surface area contributed by atoms with Gasteiger partial charge in [-0.15, -0.1) is 0 Å². The van der Waals surface area contributed by atoms with Gasteiger partial charge in [-0.3, -0.25) is 4.79 Å². The highest BCUT2D eigenvalue weighted by Crippen LogP contribution is 2.29. The summed E-state index contributed by atoms with van der Waals surface area (Å²) in [5.74, 6) is -0.822. The number of carbonyl (C=O) groups is 1. The molecule has 7 nitrogen and oxygen atoms in total. The summed E-state index contributed by atoms with van der Waals surface area (Å²) in [4.78, 5) is 12.7. The van der Waals surface area contributed by atoms with E-state index in [1.54, 1.807) is 26.8 Å². The van der Waals surface area contributed by atoms with Gasteiger partial charge in [0.15, 0.2) is 6.61 Å². The van der Waals surface area contributed by atoms with Crippen LogP contribution in [0, 0.1) is 6.92 Å². The third-order valence-electron chi connectivity index (χ3n) is 4.90. The van der Waals surface area contributed by atoms with E-state index in [9.17, 15) is 26.4 Å². The lowest BCUT2D eigenvalue weighted by molar-refractivity contribution is -0.153. The molecule has 2 atom stereocenters. The third-order valence-corrected chi connectivity index (χ3v) is 6.72. The van der Waals surface area contributed by atoms with E-state index in [0.717, 1.165) is 0 Å². The maximum absolute atomic E-state index is 13.1. The number of anilines is 1. The second-order valence-corrected chi connectivity index (χ2v) is 9.90. The lowest BCUT2D eigenvalue weighted by Gasteiger charge is -2.34. The molecule has 180 valence electrons. The Morgan fingerprint density at radius 3 is 2.45 bits per heavy atom. The number of alkyl halides is 3. The first kappa shape index (κ1) is 25.0. The van der Waals surface area contributed by atoms with Crippen LogP contribution in [0.2, 0.25) is 0 Å². The predicted molar refractivity (Wildman–Crippen MR) is 116 cm³/mol. The molecule has 3 rings (SSSR count). The van der Waals surface area contributed by atoms with Crippen LogP contribution in [0.15, 0.2) is 47.4 Å². The predicted octanol–water partition coefficient (Wildman–Crippen LogP) is 3.99. The normalized spacial score (nSPS) is 19.8. The highest BCUT2D eigenvalue weighted by atomic mass is 32.2. The van der Waals surface area contributed by atoms with Crippen molar-refractivity contribution in [2.75, 3.05) is 25.0 Å². The zero-order valence-electron chi connectivity index (χ0n) is 18.3. The van der Waals surface area contributed by atoms with Gasteiger partial charge in [0.25, 0.3) is 5.91 Å². The molecule has 0 spiro atoms. The number of hydrogen-bond acceptors (Lipinski definition) is 5. The molecule has 0 saturated carbocycles. The number of sulfonamides is 1. The summed E-state index contributed by atoms with van der Waals surface area (Å²) >= 11 is 0. The highest BCUT2D eigenvalue weighted by Gasteiger charge is 2.32. The molecule has 1 aliphatic rings. The van der Waals surface area contributed by atoms with Gasteiger partial charge in [-0.1, -0.05) is 12.1 Å². The van der Waals surface area contributed by atoms with Crippen LogP contribution in [0.3, 0.4) is 0 Å². The van der Waals surface area contributed by atoms with E-state index in [1.807, 2.05) is 0 Å². The van der Waals surface area contributed by atoms with Gasteiger partial charge in [-0.25, -0.2) is 8.42 Å². The summed E-state index contributed by atoms with van der Waals surface area (Å²) in [6.45, 7) is 4.10. The second-order valence-electron chi connectivity index (χ2n) is 7.96. The minimum absolute atomic E-state index is 0.0350. The van der Waals surface area contributed by atoms with E-state index in [4.69, 9.17) is 9.47 Å². The van der Waals surface area contributed by atoms with Crippen molar-refractivity contribution in [1.29, 1.82) is 0 Å². The van der Waals surface area contributed by atoms with Crippen molar-refractivity contribution < 1.29 is 35.9 Å².